The van der Waals surface area contributed by atoms with Gasteiger partial charge in [0.1, 0.15) is 11.9 Å². The Balaban J connectivity index is 4.81. The summed E-state index contributed by atoms with van der Waals surface area (Å²) in [5.74, 6) is -0.525. The van der Waals surface area contributed by atoms with Gasteiger partial charge in [-0.15, -0.1) is 0 Å². The highest BCUT2D eigenvalue weighted by Crippen LogP contribution is 2.09. The summed E-state index contributed by atoms with van der Waals surface area (Å²) in [6.45, 7) is 6.83. The van der Waals surface area contributed by atoms with Gasteiger partial charge in [-0.2, -0.15) is 5.26 Å². The van der Waals surface area contributed by atoms with Crippen molar-refractivity contribution in [2.75, 3.05) is 0 Å². The minimum Gasteiger partial charge on any atom is -0.206 e. The van der Waals surface area contributed by atoms with Crippen LogP contribution in [0.4, 0.5) is 4.39 Å². The summed E-state index contributed by atoms with van der Waals surface area (Å²) >= 11 is 0. The minimum absolute atomic E-state index is 0.0220. The molecule has 0 fully saturated rings. The predicted octanol–water partition coefficient (Wildman–Crippen LogP) is 2.89. The third-order valence-electron chi connectivity index (χ3n) is 0.997. The molecule has 0 aromatic rings. The molecule has 0 saturated carbocycles. The molecule has 0 spiro atoms. The van der Waals surface area contributed by atoms with E-state index in [9.17, 15) is 4.39 Å². The highest BCUT2D eigenvalue weighted by Gasteiger charge is 1.97. The second kappa shape index (κ2) is 4.45. The number of nitriles is 1. The first-order chi connectivity index (χ1) is 5.11. The van der Waals surface area contributed by atoms with Crippen LogP contribution in [0.1, 0.15) is 13.8 Å². The summed E-state index contributed by atoms with van der Waals surface area (Å²) in [6, 6.07) is 1.70. The van der Waals surface area contributed by atoms with E-state index in [1.165, 1.54) is 12.2 Å². The lowest BCUT2D eigenvalue weighted by molar-refractivity contribution is 0.660. The Bertz CT molecular complexity index is 249. The molecular weight excluding hydrogens is 141 g/mol. The van der Waals surface area contributed by atoms with E-state index in [0.29, 0.717) is 0 Å². The lowest BCUT2D eigenvalue weighted by Crippen LogP contribution is -1.77. The Morgan fingerprint density at radius 3 is 2.36 bits per heavy atom. The van der Waals surface area contributed by atoms with Crippen molar-refractivity contribution in [3.05, 3.63) is 35.7 Å². The van der Waals surface area contributed by atoms with Crippen LogP contribution in [0.2, 0.25) is 0 Å². The van der Waals surface area contributed by atoms with Crippen LogP contribution in [0.3, 0.4) is 0 Å². The van der Waals surface area contributed by atoms with E-state index in [1.54, 1.807) is 19.9 Å². The van der Waals surface area contributed by atoms with E-state index in [2.05, 4.69) is 6.58 Å². The Morgan fingerprint density at radius 2 is 2.09 bits per heavy atom. The zero-order valence-electron chi connectivity index (χ0n) is 6.69. The fourth-order valence-corrected chi connectivity index (χ4v) is 0.528. The Hall–Kier alpha value is -1.36. The minimum atomic E-state index is -0.525. The first-order valence-electron chi connectivity index (χ1n) is 3.19. The van der Waals surface area contributed by atoms with E-state index >= 15 is 0 Å². The maximum absolute atomic E-state index is 12.8. The Kier molecular flexibility index (Phi) is 3.90. The quantitative estimate of drug-likeness (QED) is 0.439. The summed E-state index contributed by atoms with van der Waals surface area (Å²) in [7, 11) is 0. The Morgan fingerprint density at radius 1 is 1.55 bits per heavy atom. The molecule has 1 nitrogen and oxygen atoms in total. The summed E-state index contributed by atoms with van der Waals surface area (Å²) in [4.78, 5) is 0. The largest absolute Gasteiger partial charge is 0.206 e. The molecule has 0 bridgehead atoms. The van der Waals surface area contributed by atoms with Crippen molar-refractivity contribution in [2.24, 2.45) is 0 Å². The summed E-state index contributed by atoms with van der Waals surface area (Å²) in [6.07, 6.45) is 2.51. The normalized spacial score (nSPS) is 11.1. The number of rotatable bonds is 2. The molecule has 0 amide bonds. The van der Waals surface area contributed by atoms with Crippen LogP contribution in [-0.2, 0) is 0 Å². The van der Waals surface area contributed by atoms with Gasteiger partial charge in [0.15, 0.2) is 0 Å². The lowest BCUT2D eigenvalue weighted by Gasteiger charge is -1.90. The molecule has 0 unspecified atom stereocenters. The van der Waals surface area contributed by atoms with Crippen LogP contribution in [0, 0.1) is 11.3 Å². The van der Waals surface area contributed by atoms with Gasteiger partial charge in [0.05, 0.1) is 5.57 Å². The molecule has 0 radical (unpaired) electrons. The highest BCUT2D eigenvalue weighted by molar-refractivity contribution is 5.39. The fourth-order valence-electron chi connectivity index (χ4n) is 0.528. The van der Waals surface area contributed by atoms with Gasteiger partial charge in [0.2, 0.25) is 0 Å². The zero-order chi connectivity index (χ0) is 8.85. The molecule has 0 heterocycles. The summed E-state index contributed by atoms with van der Waals surface area (Å²) in [5, 5.41) is 8.36. The maximum Gasteiger partial charge on any atom is 0.140 e. The van der Waals surface area contributed by atoms with Crippen LogP contribution >= 0.6 is 0 Å². The first kappa shape index (κ1) is 9.64. The highest BCUT2D eigenvalue weighted by atomic mass is 19.1. The third kappa shape index (κ3) is 3.36. The van der Waals surface area contributed by atoms with Crippen LogP contribution in [-0.4, -0.2) is 0 Å². The molecule has 0 aliphatic heterocycles. The van der Waals surface area contributed by atoms with Crippen molar-refractivity contribution in [3.8, 4) is 6.07 Å². The van der Waals surface area contributed by atoms with E-state index in [0.717, 1.165) is 5.57 Å². The van der Waals surface area contributed by atoms with Gasteiger partial charge in [-0.05, 0) is 26.0 Å². The monoisotopic (exact) mass is 151 g/mol. The SMILES string of the molecule is C=C/C(C#N)=C(/F)C=C(C)C. The smallest absolute Gasteiger partial charge is 0.140 e. The predicted molar refractivity (Wildman–Crippen MR) is 43.4 cm³/mol. The van der Waals surface area contributed by atoms with Crippen molar-refractivity contribution in [1.82, 2.24) is 0 Å². The molecule has 0 aliphatic carbocycles. The van der Waals surface area contributed by atoms with Crippen molar-refractivity contribution < 1.29 is 4.39 Å². The van der Waals surface area contributed by atoms with Crippen LogP contribution < -0.4 is 0 Å². The second-order valence-electron chi connectivity index (χ2n) is 2.30. The number of hydrogen-bond donors (Lipinski definition) is 0. The van der Waals surface area contributed by atoms with Gasteiger partial charge >= 0.3 is 0 Å². The maximum atomic E-state index is 12.8. The summed E-state index contributed by atoms with van der Waals surface area (Å²) in [5.41, 5.74) is 0.795. The Labute approximate surface area is 66.1 Å². The van der Waals surface area contributed by atoms with E-state index in [4.69, 9.17) is 5.26 Å². The van der Waals surface area contributed by atoms with Crippen LogP contribution in [0.5, 0.6) is 0 Å². The number of halogens is 1. The van der Waals surface area contributed by atoms with Gasteiger partial charge in [-0.25, -0.2) is 4.39 Å². The lowest BCUT2D eigenvalue weighted by atomic mass is 10.2. The van der Waals surface area contributed by atoms with Crippen molar-refractivity contribution in [1.29, 1.82) is 5.26 Å². The average Bonchev–Trinajstić information content (AvgIpc) is 1.88. The van der Waals surface area contributed by atoms with Gasteiger partial charge in [0.25, 0.3) is 0 Å². The van der Waals surface area contributed by atoms with Gasteiger partial charge < -0.3 is 0 Å². The standard InChI is InChI=1S/C9H10FN/c1-4-8(6-11)9(10)5-7(2)3/h4-5H,1H2,2-3H3/b9-8-. The summed E-state index contributed by atoms with van der Waals surface area (Å²) < 4.78 is 12.8. The van der Waals surface area contributed by atoms with E-state index in [1.807, 2.05) is 0 Å². The van der Waals surface area contributed by atoms with Gasteiger partial charge in [-0.1, -0.05) is 12.2 Å². The second-order valence-corrected chi connectivity index (χ2v) is 2.30. The fraction of sp³-hybridized carbons (Fsp3) is 0.222. The molecule has 11 heavy (non-hydrogen) atoms. The molecule has 2 heteroatoms. The molecule has 0 N–H and O–H groups in total. The zero-order valence-corrected chi connectivity index (χ0v) is 6.69. The molecule has 58 valence electrons. The molecular formula is C9H10FN. The van der Waals surface area contributed by atoms with Crippen LogP contribution in [0.15, 0.2) is 35.7 Å². The molecule has 0 saturated heterocycles. The van der Waals surface area contributed by atoms with Gasteiger partial charge in [0, 0.05) is 0 Å². The molecule has 0 rings (SSSR count). The van der Waals surface area contributed by atoms with E-state index in [-0.39, 0.29) is 5.57 Å². The molecule has 0 aromatic heterocycles. The average molecular weight is 151 g/mol. The molecule has 0 aromatic carbocycles. The van der Waals surface area contributed by atoms with Crippen molar-refractivity contribution >= 4 is 0 Å². The first-order valence-corrected chi connectivity index (χ1v) is 3.19. The number of hydrogen-bond acceptors (Lipinski definition) is 1. The number of nitrogens with zero attached hydrogens (tertiary/aromatic N) is 1. The molecule has 0 aliphatic rings. The topological polar surface area (TPSA) is 23.8 Å². The van der Waals surface area contributed by atoms with Crippen molar-refractivity contribution in [2.45, 2.75) is 13.8 Å². The van der Waals surface area contributed by atoms with Crippen molar-refractivity contribution in [3.63, 3.8) is 0 Å². The number of allylic oxidation sites excluding steroid dienone is 5. The van der Waals surface area contributed by atoms with Gasteiger partial charge in [-0.3, -0.25) is 0 Å². The third-order valence-corrected chi connectivity index (χ3v) is 0.997. The van der Waals surface area contributed by atoms with Crippen LogP contribution in [0.25, 0.3) is 0 Å². The molecule has 0 atom stereocenters. The van der Waals surface area contributed by atoms with E-state index < -0.39 is 5.83 Å².